The fourth-order valence-electron chi connectivity index (χ4n) is 5.44. The van der Waals surface area contributed by atoms with Crippen LogP contribution in [0, 0.1) is 5.92 Å². The van der Waals surface area contributed by atoms with Crippen LogP contribution < -0.4 is 9.47 Å². The molecule has 4 atom stereocenters. The summed E-state index contributed by atoms with van der Waals surface area (Å²) in [7, 11) is 3.92. The van der Waals surface area contributed by atoms with Gasteiger partial charge < -0.3 is 19.1 Å². The van der Waals surface area contributed by atoms with Gasteiger partial charge in [-0.3, -0.25) is 0 Å². The zero-order chi connectivity index (χ0) is 15.6. The number of ether oxygens (including phenoxy) is 3. The highest BCUT2D eigenvalue weighted by Gasteiger charge is 2.62. The van der Waals surface area contributed by atoms with Gasteiger partial charge in [0.05, 0.1) is 0 Å². The van der Waals surface area contributed by atoms with Crippen LogP contribution in [0.4, 0.5) is 0 Å². The lowest BCUT2D eigenvalue weighted by molar-refractivity contribution is 0.00113. The Kier molecular flexibility index (Phi) is 2.86. The highest BCUT2D eigenvalue weighted by Crippen LogP contribution is 2.62. The van der Waals surface area contributed by atoms with Crippen LogP contribution in [0.15, 0.2) is 24.3 Å². The summed E-state index contributed by atoms with van der Waals surface area (Å²) in [6.45, 7) is 1.41. The van der Waals surface area contributed by atoms with Gasteiger partial charge in [-0.2, -0.15) is 0 Å². The Hall–Kier alpha value is -1.52. The first-order valence-corrected chi connectivity index (χ1v) is 8.57. The summed E-state index contributed by atoms with van der Waals surface area (Å²) in [4.78, 5) is 2.54. The number of hydrogen-bond acceptors (Lipinski definition) is 4. The molecule has 0 N–H and O–H groups in total. The number of rotatable bonds is 3. The first kappa shape index (κ1) is 13.9. The van der Waals surface area contributed by atoms with Crippen molar-refractivity contribution in [2.75, 3.05) is 27.5 Å². The molecular weight excluding hydrogens is 290 g/mol. The SMILES string of the molecule is COCOc1ccc2c3c1OC1CC=C[C@H]4[C@@H](C2)N(C)CC[C@]314. The molecule has 1 aromatic rings. The Morgan fingerprint density at radius 3 is 3.17 bits per heavy atom. The second-order valence-electron chi connectivity index (χ2n) is 7.32. The zero-order valence-corrected chi connectivity index (χ0v) is 13.7. The lowest BCUT2D eigenvalue weighted by atomic mass is 9.54. The molecule has 2 aliphatic carbocycles. The van der Waals surface area contributed by atoms with E-state index in [0.29, 0.717) is 12.0 Å². The Balaban J connectivity index is 1.71. The molecule has 4 heteroatoms. The predicted octanol–water partition coefficient (Wildman–Crippen LogP) is 2.50. The Morgan fingerprint density at radius 1 is 1.39 bits per heavy atom. The Morgan fingerprint density at radius 2 is 2.30 bits per heavy atom. The average molecular weight is 313 g/mol. The van der Waals surface area contributed by atoms with Crippen LogP contribution in [0.5, 0.6) is 11.5 Å². The number of piperidine rings is 1. The zero-order valence-electron chi connectivity index (χ0n) is 13.7. The van der Waals surface area contributed by atoms with Crippen LogP contribution in [-0.4, -0.2) is 44.5 Å². The summed E-state index contributed by atoms with van der Waals surface area (Å²) in [6, 6.07) is 4.90. The molecule has 0 aromatic heterocycles. The summed E-state index contributed by atoms with van der Waals surface area (Å²) in [5, 5.41) is 0. The standard InChI is InChI=1S/C19H23NO3/c1-20-9-8-19-13-4-3-5-16(19)23-18-15(22-11-21-2)7-6-12(17(18)19)10-14(13)20/h3-4,6-7,13-14,16H,5,8-11H2,1-2H3/t13-,14+,16?,19+/m0/s1. The molecule has 4 nitrogen and oxygen atoms in total. The fraction of sp³-hybridized carbons (Fsp3) is 0.579. The molecule has 5 rings (SSSR count). The fourth-order valence-corrected chi connectivity index (χ4v) is 5.44. The van der Waals surface area contributed by atoms with Gasteiger partial charge >= 0.3 is 0 Å². The monoisotopic (exact) mass is 313 g/mol. The van der Waals surface area contributed by atoms with Crippen LogP contribution in [0.1, 0.15) is 24.0 Å². The van der Waals surface area contributed by atoms with Gasteiger partial charge in [0, 0.05) is 36.5 Å². The van der Waals surface area contributed by atoms with Crippen LogP contribution in [0.3, 0.4) is 0 Å². The van der Waals surface area contributed by atoms with E-state index in [1.54, 1.807) is 7.11 Å². The van der Waals surface area contributed by atoms with Crippen LogP contribution in [0.25, 0.3) is 0 Å². The van der Waals surface area contributed by atoms with E-state index in [9.17, 15) is 0 Å². The minimum Gasteiger partial charge on any atom is -0.485 e. The molecule has 2 aliphatic heterocycles. The van der Waals surface area contributed by atoms with E-state index in [1.807, 2.05) is 0 Å². The molecule has 1 unspecified atom stereocenters. The first-order valence-electron chi connectivity index (χ1n) is 8.57. The van der Waals surface area contributed by atoms with Crippen molar-refractivity contribution in [3.8, 4) is 11.5 Å². The molecule has 1 saturated heterocycles. The molecule has 1 fully saturated rings. The van der Waals surface area contributed by atoms with E-state index in [1.165, 1.54) is 17.5 Å². The summed E-state index contributed by atoms with van der Waals surface area (Å²) in [5.74, 6) is 2.39. The summed E-state index contributed by atoms with van der Waals surface area (Å²) in [6.07, 6.45) is 8.33. The third kappa shape index (κ3) is 1.63. The van der Waals surface area contributed by atoms with Gasteiger partial charge in [-0.25, -0.2) is 0 Å². The maximum atomic E-state index is 6.49. The van der Waals surface area contributed by atoms with E-state index >= 15 is 0 Å². The van der Waals surface area contributed by atoms with Crippen molar-refractivity contribution >= 4 is 0 Å². The number of nitrogens with zero attached hydrogens (tertiary/aromatic N) is 1. The number of methoxy groups -OCH3 is 1. The van der Waals surface area contributed by atoms with Gasteiger partial charge in [0.25, 0.3) is 0 Å². The number of likely N-dealkylation sites (N-methyl/N-ethyl adjacent to an activating group) is 1. The molecule has 1 spiro atoms. The Labute approximate surface area is 137 Å². The van der Waals surface area contributed by atoms with Gasteiger partial charge in [-0.15, -0.1) is 0 Å². The first-order chi connectivity index (χ1) is 11.3. The summed E-state index contributed by atoms with van der Waals surface area (Å²) >= 11 is 0. The molecule has 0 amide bonds. The van der Waals surface area contributed by atoms with Crippen molar-refractivity contribution < 1.29 is 14.2 Å². The lowest BCUT2D eigenvalue weighted by Gasteiger charge is -2.55. The van der Waals surface area contributed by atoms with E-state index in [4.69, 9.17) is 14.2 Å². The average Bonchev–Trinajstić information content (AvgIpc) is 2.91. The van der Waals surface area contributed by atoms with Gasteiger partial charge in [-0.05, 0) is 38.1 Å². The van der Waals surface area contributed by atoms with Crippen molar-refractivity contribution in [3.05, 3.63) is 35.4 Å². The minimum absolute atomic E-state index is 0.154. The molecular formula is C19H23NO3. The molecule has 0 radical (unpaired) electrons. The van der Waals surface area contributed by atoms with Gasteiger partial charge in [0.2, 0.25) is 0 Å². The molecule has 4 aliphatic rings. The largest absolute Gasteiger partial charge is 0.485 e. The van der Waals surface area contributed by atoms with Crippen LogP contribution >= 0.6 is 0 Å². The van der Waals surface area contributed by atoms with E-state index in [0.717, 1.165) is 30.9 Å². The van der Waals surface area contributed by atoms with E-state index in [-0.39, 0.29) is 18.3 Å². The van der Waals surface area contributed by atoms with Crippen molar-refractivity contribution in [2.45, 2.75) is 36.8 Å². The van der Waals surface area contributed by atoms with Crippen molar-refractivity contribution in [3.63, 3.8) is 0 Å². The van der Waals surface area contributed by atoms with Crippen LogP contribution in [0.2, 0.25) is 0 Å². The van der Waals surface area contributed by atoms with E-state index in [2.05, 4.69) is 36.2 Å². The maximum Gasteiger partial charge on any atom is 0.188 e. The molecule has 122 valence electrons. The third-order valence-corrected chi connectivity index (χ3v) is 6.42. The molecule has 2 heterocycles. The van der Waals surface area contributed by atoms with Gasteiger partial charge in [-0.1, -0.05) is 18.2 Å². The minimum atomic E-state index is 0.154. The number of benzene rings is 1. The topological polar surface area (TPSA) is 30.9 Å². The highest BCUT2D eigenvalue weighted by molar-refractivity contribution is 5.61. The summed E-state index contributed by atoms with van der Waals surface area (Å²) < 4.78 is 17.4. The quantitative estimate of drug-likeness (QED) is 0.634. The van der Waals surface area contributed by atoms with Gasteiger partial charge in [0.1, 0.15) is 6.10 Å². The number of hydrogen-bond donors (Lipinski definition) is 0. The molecule has 0 saturated carbocycles. The maximum absolute atomic E-state index is 6.49. The molecule has 1 aromatic carbocycles. The van der Waals surface area contributed by atoms with Crippen molar-refractivity contribution in [2.24, 2.45) is 5.92 Å². The normalized spacial score (nSPS) is 36.5. The van der Waals surface area contributed by atoms with Crippen LogP contribution in [-0.2, 0) is 16.6 Å². The second-order valence-corrected chi connectivity index (χ2v) is 7.32. The Bertz CT molecular complexity index is 685. The van der Waals surface area contributed by atoms with Gasteiger partial charge in [0.15, 0.2) is 18.3 Å². The van der Waals surface area contributed by atoms with E-state index < -0.39 is 0 Å². The number of likely N-dealkylation sites (tertiary alicyclic amines) is 1. The molecule has 2 bridgehead atoms. The predicted molar refractivity (Wildman–Crippen MR) is 87.0 cm³/mol. The lowest BCUT2D eigenvalue weighted by Crippen LogP contribution is -2.62. The van der Waals surface area contributed by atoms with Crippen molar-refractivity contribution in [1.29, 1.82) is 0 Å². The highest BCUT2D eigenvalue weighted by atomic mass is 16.7. The summed E-state index contributed by atoms with van der Waals surface area (Å²) in [5.41, 5.74) is 3.05. The molecule has 23 heavy (non-hydrogen) atoms. The third-order valence-electron chi connectivity index (χ3n) is 6.42. The van der Waals surface area contributed by atoms with Crippen molar-refractivity contribution in [1.82, 2.24) is 4.90 Å². The second kappa shape index (κ2) is 4.74. The smallest absolute Gasteiger partial charge is 0.188 e.